The van der Waals surface area contributed by atoms with Crippen LogP contribution in [0.1, 0.15) is 59.3 Å². The van der Waals surface area contributed by atoms with Crippen LogP contribution in [0.25, 0.3) is 6.08 Å². The Balaban J connectivity index is 1.45. The fraction of sp³-hybridized carbons (Fsp3) is 0.194. The Morgan fingerprint density at radius 1 is 0.721 bits per heavy atom. The van der Waals surface area contributed by atoms with Crippen LogP contribution in [0.15, 0.2) is 108 Å². The van der Waals surface area contributed by atoms with Gasteiger partial charge in [-0.2, -0.15) is 0 Å². The molecule has 4 aromatic rings. The summed E-state index contributed by atoms with van der Waals surface area (Å²) in [5.74, 6) is -0.515. The lowest BCUT2D eigenvalue weighted by Gasteiger charge is -2.16. The van der Waals surface area contributed by atoms with Crippen molar-refractivity contribution in [1.29, 1.82) is 0 Å². The second kappa shape index (κ2) is 14.5. The molecule has 220 valence electrons. The maximum absolute atomic E-state index is 13.4. The van der Waals surface area contributed by atoms with Gasteiger partial charge in [0.05, 0.1) is 5.25 Å². The Morgan fingerprint density at radius 3 is 1.95 bits per heavy atom. The molecule has 0 bridgehead atoms. The topological polar surface area (TPSA) is 87.3 Å². The number of nitrogens with one attached hydrogen (secondary N) is 3. The molecule has 4 rings (SSSR count). The van der Waals surface area contributed by atoms with Crippen molar-refractivity contribution in [1.82, 2.24) is 5.32 Å². The van der Waals surface area contributed by atoms with Crippen molar-refractivity contribution in [3.8, 4) is 0 Å². The van der Waals surface area contributed by atoms with Crippen molar-refractivity contribution in [2.24, 2.45) is 0 Å². The minimum atomic E-state index is -0.445. The first kappa shape index (κ1) is 31.3. The molecule has 0 fully saturated rings. The first-order valence-electron chi connectivity index (χ1n) is 14.2. The van der Waals surface area contributed by atoms with Crippen molar-refractivity contribution in [3.63, 3.8) is 0 Å². The quantitative estimate of drug-likeness (QED) is 0.129. The molecule has 0 saturated heterocycles. The van der Waals surface area contributed by atoms with Crippen LogP contribution in [0, 0.1) is 13.8 Å². The molecule has 0 saturated carbocycles. The van der Waals surface area contributed by atoms with Crippen LogP contribution in [0.2, 0.25) is 0 Å². The lowest BCUT2D eigenvalue weighted by molar-refractivity contribution is -0.115. The second-order valence-corrected chi connectivity index (χ2v) is 12.1. The van der Waals surface area contributed by atoms with Gasteiger partial charge >= 0.3 is 0 Å². The monoisotopic (exact) mass is 591 g/mol. The largest absolute Gasteiger partial charge is 0.325 e. The molecule has 0 aliphatic rings. The molecule has 6 nitrogen and oxygen atoms in total. The van der Waals surface area contributed by atoms with Crippen molar-refractivity contribution in [3.05, 3.63) is 131 Å². The van der Waals surface area contributed by atoms with Gasteiger partial charge in [-0.3, -0.25) is 14.4 Å². The van der Waals surface area contributed by atoms with Crippen molar-refractivity contribution in [2.75, 3.05) is 10.6 Å². The third-order valence-corrected chi connectivity index (χ3v) is 8.08. The van der Waals surface area contributed by atoms with Gasteiger partial charge in [0.15, 0.2) is 0 Å². The fourth-order valence-corrected chi connectivity index (χ4v) is 5.26. The van der Waals surface area contributed by atoms with E-state index >= 15 is 0 Å². The van der Waals surface area contributed by atoms with Gasteiger partial charge in [0.1, 0.15) is 5.70 Å². The van der Waals surface area contributed by atoms with Gasteiger partial charge in [0.25, 0.3) is 11.8 Å². The summed E-state index contributed by atoms with van der Waals surface area (Å²) in [5.41, 5.74) is 6.01. The zero-order chi connectivity index (χ0) is 30.9. The van der Waals surface area contributed by atoms with Gasteiger partial charge in [-0.25, -0.2) is 0 Å². The summed E-state index contributed by atoms with van der Waals surface area (Å²) < 4.78 is 0. The van der Waals surface area contributed by atoms with Crippen LogP contribution in [0.4, 0.5) is 11.4 Å². The van der Waals surface area contributed by atoms with Gasteiger partial charge in [-0.05, 0) is 91.4 Å². The van der Waals surface area contributed by atoms with E-state index in [4.69, 9.17) is 0 Å². The highest BCUT2D eigenvalue weighted by Crippen LogP contribution is 2.27. The summed E-state index contributed by atoms with van der Waals surface area (Å²) in [6.45, 7) is 10.1. The van der Waals surface area contributed by atoms with Crippen LogP contribution >= 0.6 is 11.8 Å². The van der Waals surface area contributed by atoms with E-state index < -0.39 is 5.91 Å². The summed E-state index contributed by atoms with van der Waals surface area (Å²) >= 11 is 1.43. The second-order valence-electron chi connectivity index (χ2n) is 10.7. The lowest BCUT2D eigenvalue weighted by Crippen LogP contribution is -2.30. The van der Waals surface area contributed by atoms with Crippen molar-refractivity contribution >= 4 is 46.9 Å². The summed E-state index contributed by atoms with van der Waals surface area (Å²) in [7, 11) is 0. The predicted molar refractivity (Wildman–Crippen MR) is 177 cm³/mol. The van der Waals surface area contributed by atoms with Crippen molar-refractivity contribution < 1.29 is 14.4 Å². The van der Waals surface area contributed by atoms with Gasteiger partial charge in [-0.1, -0.05) is 74.5 Å². The number of hydrogen-bond donors (Lipinski definition) is 3. The van der Waals surface area contributed by atoms with Crippen LogP contribution in [-0.2, 0) is 9.59 Å². The number of aryl methyl sites for hydroxylation is 2. The van der Waals surface area contributed by atoms with E-state index in [9.17, 15) is 14.4 Å². The molecule has 1 unspecified atom stereocenters. The number of carbonyl (C=O) groups excluding carboxylic acids is 3. The van der Waals surface area contributed by atoms with E-state index in [2.05, 4.69) is 29.8 Å². The normalized spacial score (nSPS) is 12.0. The molecule has 0 radical (unpaired) electrons. The molecule has 0 aromatic heterocycles. The molecule has 43 heavy (non-hydrogen) atoms. The molecule has 0 spiro atoms. The summed E-state index contributed by atoms with van der Waals surface area (Å²) in [6, 6.07) is 29.9. The standard InChI is InChI=1S/C36H37N3O3S/c1-23(2)28-16-14-27(15-17-28)22-32(38-35(41)29-12-7-6-8-13-29)36(42)37-30-18-20-31(21-19-30)43-26(5)34(40)39-33-24(3)10-9-11-25(33)4/h6-23,26H,1-5H3,(H,37,42)(H,38,41)(H,39,40)/b32-22-. The molecule has 7 heteroatoms. The molecular weight excluding hydrogens is 554 g/mol. The van der Waals surface area contributed by atoms with Crippen LogP contribution < -0.4 is 16.0 Å². The lowest BCUT2D eigenvalue weighted by atomic mass is 10.0. The van der Waals surface area contributed by atoms with Crippen molar-refractivity contribution in [2.45, 2.75) is 50.7 Å². The van der Waals surface area contributed by atoms with Gasteiger partial charge in [-0.15, -0.1) is 11.8 Å². The number of carbonyl (C=O) groups is 3. The number of para-hydroxylation sites is 1. The van der Waals surface area contributed by atoms with E-state index in [1.54, 1.807) is 42.5 Å². The zero-order valence-electron chi connectivity index (χ0n) is 25.1. The molecule has 4 aromatic carbocycles. The highest BCUT2D eigenvalue weighted by Gasteiger charge is 2.18. The van der Waals surface area contributed by atoms with Crippen LogP contribution in [0.3, 0.4) is 0 Å². The summed E-state index contributed by atoms with van der Waals surface area (Å²) in [4.78, 5) is 40.1. The molecule has 0 aliphatic heterocycles. The van der Waals surface area contributed by atoms with Gasteiger partial charge in [0, 0.05) is 21.8 Å². The highest BCUT2D eigenvalue weighted by atomic mass is 32.2. The average Bonchev–Trinajstić information content (AvgIpc) is 3.00. The number of thioether (sulfide) groups is 1. The maximum Gasteiger partial charge on any atom is 0.272 e. The third-order valence-electron chi connectivity index (χ3n) is 6.97. The number of hydrogen-bond acceptors (Lipinski definition) is 4. The number of amides is 3. The molecule has 0 aliphatic carbocycles. The number of benzene rings is 4. The van der Waals surface area contributed by atoms with Gasteiger partial charge in [0.2, 0.25) is 5.91 Å². The SMILES string of the molecule is Cc1cccc(C)c1NC(=O)C(C)Sc1ccc(NC(=O)/C(=C/c2ccc(C(C)C)cc2)NC(=O)c2ccccc2)cc1. The Hall–Kier alpha value is -4.62. The molecule has 0 heterocycles. The zero-order valence-corrected chi connectivity index (χ0v) is 25.9. The van der Waals surface area contributed by atoms with E-state index in [0.717, 1.165) is 27.3 Å². The molecule has 3 amide bonds. The fourth-order valence-electron chi connectivity index (χ4n) is 4.40. The Morgan fingerprint density at radius 2 is 1.35 bits per heavy atom. The average molecular weight is 592 g/mol. The summed E-state index contributed by atoms with van der Waals surface area (Å²) in [5, 5.41) is 8.38. The number of anilines is 2. The van der Waals surface area contributed by atoms with Gasteiger partial charge < -0.3 is 16.0 Å². The third kappa shape index (κ3) is 8.69. The van der Waals surface area contributed by atoms with Crippen LogP contribution in [-0.4, -0.2) is 23.0 Å². The first-order chi connectivity index (χ1) is 20.6. The molecule has 3 N–H and O–H groups in total. The van der Waals surface area contributed by atoms with E-state index in [1.807, 2.05) is 81.4 Å². The van der Waals surface area contributed by atoms with Crippen LogP contribution in [0.5, 0.6) is 0 Å². The van der Waals surface area contributed by atoms with E-state index in [0.29, 0.717) is 17.2 Å². The van der Waals surface area contributed by atoms with E-state index in [1.165, 1.54) is 17.3 Å². The highest BCUT2D eigenvalue weighted by molar-refractivity contribution is 8.00. The Bertz CT molecular complexity index is 1590. The minimum Gasteiger partial charge on any atom is -0.325 e. The predicted octanol–water partition coefficient (Wildman–Crippen LogP) is 7.96. The minimum absolute atomic E-state index is 0.0786. The molecular formula is C36H37N3O3S. The number of rotatable bonds is 10. The van der Waals surface area contributed by atoms with E-state index in [-0.39, 0.29) is 22.8 Å². The summed E-state index contributed by atoms with van der Waals surface area (Å²) in [6.07, 6.45) is 1.67. The first-order valence-corrected chi connectivity index (χ1v) is 15.1. The Kier molecular flexibility index (Phi) is 10.6. The molecule has 1 atom stereocenters. The Labute approximate surface area is 258 Å². The smallest absolute Gasteiger partial charge is 0.272 e. The maximum atomic E-state index is 13.4.